The molecule has 0 saturated carbocycles. The molecule has 0 fully saturated rings. The Balaban J connectivity index is 2.00. The molecule has 104 valence electrons. The van der Waals surface area contributed by atoms with Crippen LogP contribution in [-0.4, -0.2) is 21.0 Å². The van der Waals surface area contributed by atoms with Crippen LogP contribution in [0.25, 0.3) is 0 Å². The summed E-state index contributed by atoms with van der Waals surface area (Å²) in [5.41, 5.74) is 6.97. The fourth-order valence-corrected chi connectivity index (χ4v) is 2.44. The zero-order valence-corrected chi connectivity index (χ0v) is 11.3. The molecule has 0 spiro atoms. The Morgan fingerprint density at radius 2 is 1.95 bits per heavy atom. The third-order valence-electron chi connectivity index (χ3n) is 2.49. The number of nitrogens with zero attached hydrogens (tertiary/aromatic N) is 1. The van der Waals surface area contributed by atoms with E-state index in [1.165, 1.54) is 17.8 Å². The van der Waals surface area contributed by atoms with Crippen molar-refractivity contribution in [2.75, 3.05) is 5.73 Å². The van der Waals surface area contributed by atoms with E-state index < -0.39 is 5.97 Å². The molecule has 0 aliphatic rings. The number of anilines is 1. The van der Waals surface area contributed by atoms with Gasteiger partial charge in [-0.05, 0) is 11.1 Å². The minimum absolute atomic E-state index is 0.0114. The first-order valence-corrected chi connectivity index (χ1v) is 6.81. The maximum atomic E-state index is 11.2. The highest BCUT2D eigenvalue weighted by Crippen LogP contribution is 2.19. The number of carboxylic acids is 1. The van der Waals surface area contributed by atoms with E-state index in [1.54, 1.807) is 12.1 Å². The molecule has 0 radical (unpaired) electrons. The average Bonchev–Trinajstić information content (AvgIpc) is 2.36. The first-order valence-electron chi connectivity index (χ1n) is 5.82. The molecule has 0 saturated heterocycles. The molecule has 6 nitrogen and oxygen atoms in total. The lowest BCUT2D eigenvalue weighted by molar-refractivity contribution is -0.136. The summed E-state index contributed by atoms with van der Waals surface area (Å²) < 4.78 is 0. The maximum absolute atomic E-state index is 11.2. The number of thioether (sulfide) groups is 1. The lowest BCUT2D eigenvalue weighted by Gasteiger charge is -2.03. The predicted octanol–water partition coefficient (Wildman–Crippen LogP) is 1.27. The first kappa shape index (κ1) is 14.1. The van der Waals surface area contributed by atoms with E-state index in [2.05, 4.69) is 9.97 Å². The summed E-state index contributed by atoms with van der Waals surface area (Å²) in [6, 6.07) is 8.50. The topological polar surface area (TPSA) is 109 Å². The van der Waals surface area contributed by atoms with Crippen molar-refractivity contribution in [1.82, 2.24) is 9.97 Å². The Bertz CT molecular complexity index is 667. The largest absolute Gasteiger partial charge is 0.481 e. The Morgan fingerprint density at radius 1 is 1.30 bits per heavy atom. The van der Waals surface area contributed by atoms with Crippen molar-refractivity contribution in [2.24, 2.45) is 0 Å². The quantitative estimate of drug-likeness (QED) is 0.565. The van der Waals surface area contributed by atoms with Crippen molar-refractivity contribution in [2.45, 2.75) is 17.3 Å². The van der Waals surface area contributed by atoms with E-state index in [-0.39, 0.29) is 17.8 Å². The van der Waals surface area contributed by atoms with Crippen LogP contribution in [0.2, 0.25) is 0 Å². The Labute approximate surface area is 119 Å². The molecule has 2 rings (SSSR count). The zero-order chi connectivity index (χ0) is 14.5. The van der Waals surface area contributed by atoms with Crippen LogP contribution in [0.5, 0.6) is 0 Å². The molecule has 20 heavy (non-hydrogen) atoms. The molecule has 0 amide bonds. The number of aromatic nitrogens is 2. The molecule has 0 aliphatic carbocycles. The van der Waals surface area contributed by atoms with Gasteiger partial charge in [-0.1, -0.05) is 36.0 Å². The van der Waals surface area contributed by atoms with Crippen LogP contribution in [0.15, 0.2) is 40.3 Å². The highest BCUT2D eigenvalue weighted by atomic mass is 32.2. The van der Waals surface area contributed by atoms with Crippen LogP contribution in [0.3, 0.4) is 0 Å². The van der Waals surface area contributed by atoms with Crippen LogP contribution in [0, 0.1) is 0 Å². The van der Waals surface area contributed by atoms with Crippen LogP contribution >= 0.6 is 11.8 Å². The van der Waals surface area contributed by atoms with Gasteiger partial charge in [0.2, 0.25) is 0 Å². The molecular formula is C13H13N3O3S. The number of hydrogen-bond acceptors (Lipinski definition) is 5. The van der Waals surface area contributed by atoms with Crippen molar-refractivity contribution in [1.29, 1.82) is 0 Å². The molecule has 4 N–H and O–H groups in total. The molecule has 0 unspecified atom stereocenters. The standard InChI is InChI=1S/C13H13N3O3S/c14-10-6-11(17)16-13(15-10)20-7-9-3-1-8(2-4-9)5-12(18)19/h1-4,6H,5,7H2,(H,18,19)(H3,14,15,16,17). The fourth-order valence-electron chi connectivity index (χ4n) is 1.60. The van der Waals surface area contributed by atoms with Gasteiger partial charge in [0.05, 0.1) is 6.42 Å². The van der Waals surface area contributed by atoms with Crippen molar-refractivity contribution in [3.63, 3.8) is 0 Å². The number of nitrogens with two attached hydrogens (primary N) is 1. The van der Waals surface area contributed by atoms with Crippen LogP contribution in [-0.2, 0) is 17.0 Å². The smallest absolute Gasteiger partial charge is 0.307 e. The third-order valence-corrected chi connectivity index (χ3v) is 3.44. The average molecular weight is 291 g/mol. The van der Waals surface area contributed by atoms with E-state index in [9.17, 15) is 9.59 Å². The SMILES string of the molecule is Nc1cc(=O)[nH]c(SCc2ccc(CC(=O)O)cc2)n1. The second-order valence-electron chi connectivity index (χ2n) is 4.15. The maximum Gasteiger partial charge on any atom is 0.307 e. The lowest BCUT2D eigenvalue weighted by atomic mass is 10.1. The van der Waals surface area contributed by atoms with Crippen LogP contribution in [0.1, 0.15) is 11.1 Å². The molecule has 1 aromatic heterocycles. The highest BCUT2D eigenvalue weighted by molar-refractivity contribution is 7.98. The van der Waals surface area contributed by atoms with Gasteiger partial charge < -0.3 is 15.8 Å². The molecule has 1 heterocycles. The molecule has 7 heteroatoms. The number of nitrogen functional groups attached to an aromatic ring is 1. The zero-order valence-electron chi connectivity index (χ0n) is 10.5. The second-order valence-corrected chi connectivity index (χ2v) is 5.12. The summed E-state index contributed by atoms with van der Waals surface area (Å²) in [6.45, 7) is 0. The number of nitrogens with one attached hydrogen (secondary N) is 1. The van der Waals surface area contributed by atoms with Crippen molar-refractivity contribution in [3.8, 4) is 0 Å². The molecule has 0 atom stereocenters. The minimum Gasteiger partial charge on any atom is -0.481 e. The van der Waals surface area contributed by atoms with E-state index >= 15 is 0 Å². The number of carbonyl (C=O) groups is 1. The summed E-state index contributed by atoms with van der Waals surface area (Å²) in [5.74, 6) is -0.0542. The van der Waals surface area contributed by atoms with E-state index in [0.29, 0.717) is 10.9 Å². The minimum atomic E-state index is -0.853. The normalized spacial score (nSPS) is 10.4. The van der Waals surface area contributed by atoms with Gasteiger partial charge in [0, 0.05) is 11.8 Å². The van der Waals surface area contributed by atoms with Gasteiger partial charge in [0.25, 0.3) is 5.56 Å². The monoisotopic (exact) mass is 291 g/mol. The number of aromatic amines is 1. The predicted molar refractivity (Wildman–Crippen MR) is 76.6 cm³/mol. The van der Waals surface area contributed by atoms with Gasteiger partial charge >= 0.3 is 5.97 Å². The van der Waals surface area contributed by atoms with Gasteiger partial charge in [0.15, 0.2) is 5.16 Å². The molecule has 0 bridgehead atoms. The van der Waals surface area contributed by atoms with Crippen LogP contribution < -0.4 is 11.3 Å². The molecule has 0 aliphatic heterocycles. The van der Waals surface area contributed by atoms with Crippen molar-refractivity contribution < 1.29 is 9.90 Å². The number of rotatable bonds is 5. The van der Waals surface area contributed by atoms with Crippen LogP contribution in [0.4, 0.5) is 5.82 Å². The van der Waals surface area contributed by atoms with Crippen molar-refractivity contribution in [3.05, 3.63) is 51.8 Å². The highest BCUT2D eigenvalue weighted by Gasteiger charge is 2.03. The number of aliphatic carboxylic acids is 1. The fraction of sp³-hybridized carbons (Fsp3) is 0.154. The summed E-state index contributed by atoms with van der Waals surface area (Å²) in [5, 5.41) is 9.14. The van der Waals surface area contributed by atoms with Gasteiger partial charge in [-0.3, -0.25) is 9.59 Å². The summed E-state index contributed by atoms with van der Waals surface area (Å²) >= 11 is 1.36. The molecule has 1 aromatic carbocycles. The van der Waals surface area contributed by atoms with E-state index in [4.69, 9.17) is 10.8 Å². The van der Waals surface area contributed by atoms with Gasteiger partial charge in [-0.25, -0.2) is 4.98 Å². The van der Waals surface area contributed by atoms with Crippen molar-refractivity contribution >= 4 is 23.5 Å². The Hall–Kier alpha value is -2.28. The van der Waals surface area contributed by atoms with E-state index in [0.717, 1.165) is 11.1 Å². The lowest BCUT2D eigenvalue weighted by Crippen LogP contribution is -2.09. The summed E-state index contributed by atoms with van der Waals surface area (Å²) in [7, 11) is 0. The first-order chi connectivity index (χ1) is 9.52. The Kier molecular flexibility index (Phi) is 4.41. The Morgan fingerprint density at radius 3 is 2.55 bits per heavy atom. The number of benzene rings is 1. The summed E-state index contributed by atoms with van der Waals surface area (Å²) in [4.78, 5) is 28.4. The van der Waals surface area contributed by atoms with Gasteiger partial charge in [-0.2, -0.15) is 0 Å². The van der Waals surface area contributed by atoms with E-state index in [1.807, 2.05) is 12.1 Å². The number of hydrogen-bond donors (Lipinski definition) is 3. The summed E-state index contributed by atoms with van der Waals surface area (Å²) in [6.07, 6.45) is 0.0114. The number of H-pyrrole nitrogens is 1. The van der Waals surface area contributed by atoms with Gasteiger partial charge in [0.1, 0.15) is 5.82 Å². The second kappa shape index (κ2) is 6.25. The third kappa shape index (κ3) is 4.13. The molecular weight excluding hydrogens is 278 g/mol. The van der Waals surface area contributed by atoms with Gasteiger partial charge in [-0.15, -0.1) is 0 Å². The number of carboxylic acid groups (broad SMARTS) is 1. The molecule has 2 aromatic rings.